The molecule has 5 aliphatic rings. The molecule has 9 nitrogen and oxygen atoms in total. The quantitative estimate of drug-likeness (QED) is 0.234. The third-order valence-electron chi connectivity index (χ3n) is 7.91. The molecule has 0 aromatic heterocycles. The summed E-state index contributed by atoms with van der Waals surface area (Å²) in [5.41, 5.74) is -0.861. The Morgan fingerprint density at radius 3 is 2.18 bits per heavy atom. The van der Waals surface area contributed by atoms with Crippen molar-refractivity contribution in [2.75, 3.05) is 13.2 Å². The zero-order chi connectivity index (χ0) is 27.9. The third-order valence-corrected chi connectivity index (χ3v) is 7.91. The molecular weight excluding hydrogens is 492 g/mol. The van der Waals surface area contributed by atoms with Gasteiger partial charge in [-0.2, -0.15) is 0 Å². The highest BCUT2D eigenvalue weighted by Crippen LogP contribution is 2.63. The monoisotopic (exact) mass is 536 g/mol. The van der Waals surface area contributed by atoms with Gasteiger partial charge in [-0.05, 0) is 91.9 Å². The molecule has 1 aliphatic heterocycles. The van der Waals surface area contributed by atoms with Crippen LogP contribution in [-0.4, -0.2) is 60.5 Å². The molecule has 214 valence electrons. The highest BCUT2D eigenvalue weighted by atomic mass is 16.7. The van der Waals surface area contributed by atoms with Crippen LogP contribution in [0.5, 0.6) is 0 Å². The lowest BCUT2D eigenvalue weighted by Crippen LogP contribution is -2.58. The van der Waals surface area contributed by atoms with Crippen molar-refractivity contribution in [2.24, 2.45) is 17.3 Å². The van der Waals surface area contributed by atoms with Crippen molar-refractivity contribution >= 4 is 18.1 Å². The highest BCUT2D eigenvalue weighted by molar-refractivity contribution is 5.87. The molecule has 0 spiro atoms. The van der Waals surface area contributed by atoms with E-state index in [2.05, 4.69) is 6.58 Å². The van der Waals surface area contributed by atoms with Crippen LogP contribution in [0.1, 0.15) is 92.9 Å². The normalized spacial score (nSPS) is 35.3. The van der Waals surface area contributed by atoms with Crippen LogP contribution in [0, 0.1) is 17.3 Å². The maximum absolute atomic E-state index is 12.6. The van der Waals surface area contributed by atoms with Crippen molar-refractivity contribution in [3.8, 4) is 0 Å². The van der Waals surface area contributed by atoms with Crippen LogP contribution in [0.25, 0.3) is 0 Å². The maximum atomic E-state index is 12.6. The number of carbonyl (C=O) groups excluding carboxylic acids is 3. The largest absolute Gasteiger partial charge is 0.508 e. The summed E-state index contributed by atoms with van der Waals surface area (Å²) >= 11 is 0. The van der Waals surface area contributed by atoms with Crippen LogP contribution in [0.15, 0.2) is 12.2 Å². The Kier molecular flexibility index (Phi) is 7.94. The lowest BCUT2D eigenvalue weighted by molar-refractivity contribution is -0.304. The van der Waals surface area contributed by atoms with Crippen molar-refractivity contribution in [1.29, 1.82) is 0 Å². The first-order valence-corrected chi connectivity index (χ1v) is 13.8. The molecule has 0 aromatic carbocycles. The zero-order valence-electron chi connectivity index (χ0n) is 23.8. The second kappa shape index (κ2) is 10.5. The first kappa shape index (κ1) is 28.9. The molecule has 0 N–H and O–H groups in total. The van der Waals surface area contributed by atoms with E-state index in [9.17, 15) is 14.4 Å². The maximum Gasteiger partial charge on any atom is 0.508 e. The molecule has 4 unspecified atom stereocenters. The second-order valence-corrected chi connectivity index (χ2v) is 13.6. The van der Waals surface area contributed by atoms with E-state index >= 15 is 0 Å². The first-order valence-electron chi connectivity index (χ1n) is 13.8. The summed E-state index contributed by atoms with van der Waals surface area (Å²) in [5.74, 6) is -0.687. The van der Waals surface area contributed by atoms with Gasteiger partial charge in [0.25, 0.3) is 0 Å². The van der Waals surface area contributed by atoms with Gasteiger partial charge >= 0.3 is 18.1 Å². The fourth-order valence-corrected chi connectivity index (χ4v) is 7.37. The molecule has 1 saturated heterocycles. The van der Waals surface area contributed by atoms with Crippen molar-refractivity contribution in [2.45, 2.75) is 122 Å². The van der Waals surface area contributed by atoms with E-state index in [4.69, 9.17) is 28.4 Å². The Morgan fingerprint density at radius 1 is 0.947 bits per heavy atom. The molecular formula is C29H44O9. The fourth-order valence-electron chi connectivity index (χ4n) is 7.37. The van der Waals surface area contributed by atoms with E-state index in [-0.39, 0.29) is 37.0 Å². The van der Waals surface area contributed by atoms with E-state index in [1.54, 1.807) is 20.8 Å². The van der Waals surface area contributed by atoms with Gasteiger partial charge < -0.3 is 28.4 Å². The van der Waals surface area contributed by atoms with Gasteiger partial charge in [-0.3, -0.25) is 4.79 Å². The number of esters is 2. The van der Waals surface area contributed by atoms with Gasteiger partial charge in [-0.25, -0.2) is 9.59 Å². The molecule has 4 aliphatic carbocycles. The minimum Gasteiger partial charge on any atom is -0.460 e. The average Bonchev–Trinajstić information content (AvgIpc) is 2.72. The molecule has 4 bridgehead atoms. The minimum atomic E-state index is -0.933. The van der Waals surface area contributed by atoms with Crippen LogP contribution < -0.4 is 0 Å². The molecule has 5 rings (SSSR count). The summed E-state index contributed by atoms with van der Waals surface area (Å²) in [6.07, 6.45) is 4.39. The molecule has 0 aromatic rings. The van der Waals surface area contributed by atoms with Crippen molar-refractivity contribution in [3.05, 3.63) is 12.2 Å². The Morgan fingerprint density at radius 2 is 1.58 bits per heavy atom. The van der Waals surface area contributed by atoms with Gasteiger partial charge in [0.1, 0.15) is 24.4 Å². The third kappa shape index (κ3) is 7.29. The zero-order valence-corrected chi connectivity index (χ0v) is 23.8. The standard InChI is InChI=1S/C29H44O9/c1-18(2)24(31)38-29-13-19-8-20(14-29)12-28(11-19,16-29)17-34-25(32)33-15-22-9-21(35-27(6,7)36-22)10-23(30)37-26(3,4)5/h19-22H,1,8-17H2,2-7H3. The molecule has 38 heavy (non-hydrogen) atoms. The highest BCUT2D eigenvalue weighted by Gasteiger charge is 2.60. The van der Waals surface area contributed by atoms with Crippen LogP contribution in [0.2, 0.25) is 0 Å². The summed E-state index contributed by atoms with van der Waals surface area (Å²) in [6.45, 7) is 14.6. The summed E-state index contributed by atoms with van der Waals surface area (Å²) in [6, 6.07) is 0. The van der Waals surface area contributed by atoms with Gasteiger partial charge in [0.05, 0.1) is 18.6 Å². The molecule has 9 heteroatoms. The topological polar surface area (TPSA) is 107 Å². The summed E-state index contributed by atoms with van der Waals surface area (Å²) in [5, 5.41) is 0. The van der Waals surface area contributed by atoms with Crippen LogP contribution in [0.4, 0.5) is 4.79 Å². The van der Waals surface area contributed by atoms with Crippen LogP contribution >= 0.6 is 0 Å². The molecule has 0 amide bonds. The number of ether oxygens (including phenoxy) is 6. The van der Waals surface area contributed by atoms with E-state index in [1.807, 2.05) is 20.8 Å². The van der Waals surface area contributed by atoms with Crippen LogP contribution in [-0.2, 0) is 38.0 Å². The number of rotatable bonds is 8. The van der Waals surface area contributed by atoms with Gasteiger partial charge in [0, 0.05) is 17.4 Å². The van der Waals surface area contributed by atoms with Crippen molar-refractivity contribution in [1.82, 2.24) is 0 Å². The van der Waals surface area contributed by atoms with Gasteiger partial charge in [0.2, 0.25) is 0 Å². The van der Waals surface area contributed by atoms with E-state index < -0.39 is 35.4 Å². The number of hydrogen-bond acceptors (Lipinski definition) is 9. The number of carbonyl (C=O) groups is 3. The Hall–Kier alpha value is -2.13. The molecule has 4 saturated carbocycles. The minimum absolute atomic E-state index is 0.00511. The lowest BCUT2D eigenvalue weighted by Gasteiger charge is -2.60. The van der Waals surface area contributed by atoms with E-state index in [0.29, 0.717) is 30.3 Å². The Labute approximate surface area is 225 Å². The predicted octanol–water partition coefficient (Wildman–Crippen LogP) is 5.24. The van der Waals surface area contributed by atoms with Crippen molar-refractivity contribution < 1.29 is 42.8 Å². The summed E-state index contributed by atoms with van der Waals surface area (Å²) < 4.78 is 34.3. The molecule has 4 atom stereocenters. The van der Waals surface area contributed by atoms with Crippen LogP contribution in [0.3, 0.4) is 0 Å². The van der Waals surface area contributed by atoms with E-state index in [1.165, 1.54) is 0 Å². The first-order chi connectivity index (χ1) is 17.5. The SMILES string of the molecule is C=C(C)C(=O)OC12CC3CC(CC(COC(=O)OCC4CC(CC(=O)OC(C)(C)C)OC(C)(C)O4)(C3)C1)C2. The Bertz CT molecular complexity index is 932. The summed E-state index contributed by atoms with van der Waals surface area (Å²) in [4.78, 5) is 37.2. The lowest BCUT2D eigenvalue weighted by atomic mass is 9.48. The van der Waals surface area contributed by atoms with Crippen molar-refractivity contribution in [3.63, 3.8) is 0 Å². The van der Waals surface area contributed by atoms with Gasteiger partial charge in [-0.15, -0.1) is 0 Å². The molecule has 0 radical (unpaired) electrons. The predicted molar refractivity (Wildman–Crippen MR) is 137 cm³/mol. The Balaban J connectivity index is 1.28. The summed E-state index contributed by atoms with van der Waals surface area (Å²) in [7, 11) is 0. The van der Waals surface area contributed by atoms with Gasteiger partial charge in [-0.1, -0.05) is 6.58 Å². The average molecular weight is 537 g/mol. The molecule has 1 heterocycles. The smallest absolute Gasteiger partial charge is 0.460 e. The molecule has 5 fully saturated rings. The van der Waals surface area contributed by atoms with E-state index in [0.717, 1.165) is 32.1 Å². The fraction of sp³-hybridized carbons (Fsp3) is 0.828. The second-order valence-electron chi connectivity index (χ2n) is 13.6. The van der Waals surface area contributed by atoms with Gasteiger partial charge in [0.15, 0.2) is 5.79 Å². The number of hydrogen-bond donors (Lipinski definition) is 0.